The van der Waals surface area contributed by atoms with Crippen molar-refractivity contribution in [3.8, 4) is 0 Å². The number of amides is 1. The Morgan fingerprint density at radius 3 is 2.93 bits per heavy atom. The third-order valence-electron chi connectivity index (χ3n) is 4.95. The van der Waals surface area contributed by atoms with Gasteiger partial charge in [-0.2, -0.15) is 5.10 Å². The molecule has 0 saturated carbocycles. The number of hydrogen-bond acceptors (Lipinski definition) is 3. The topological polar surface area (TPSA) is 56.1 Å². The van der Waals surface area contributed by atoms with Crippen molar-refractivity contribution in [1.82, 2.24) is 15.1 Å². The second kappa shape index (κ2) is 7.94. The number of hydrogen-bond donors (Lipinski definition) is 1. The van der Waals surface area contributed by atoms with Crippen LogP contribution in [0, 0.1) is 12.7 Å². The summed E-state index contributed by atoms with van der Waals surface area (Å²) in [7, 11) is 0. The molecule has 0 aliphatic carbocycles. The second-order valence-electron chi connectivity index (χ2n) is 7.00. The number of ether oxygens (including phenoxy) is 1. The van der Waals surface area contributed by atoms with Crippen LogP contribution < -0.4 is 5.32 Å². The van der Waals surface area contributed by atoms with Crippen LogP contribution in [0.4, 0.5) is 4.39 Å². The molecule has 3 aromatic rings. The van der Waals surface area contributed by atoms with Crippen molar-refractivity contribution < 1.29 is 13.9 Å². The van der Waals surface area contributed by atoms with Crippen LogP contribution in [0.3, 0.4) is 0 Å². The molecule has 0 fully saturated rings. The molecule has 1 N–H and O–H groups in total. The highest BCUT2D eigenvalue weighted by Crippen LogP contribution is 2.25. The summed E-state index contributed by atoms with van der Waals surface area (Å²) in [6, 6.07) is 14.3. The maximum absolute atomic E-state index is 13.5. The summed E-state index contributed by atoms with van der Waals surface area (Å²) in [5.74, 6) is -0.733. The molecule has 1 aliphatic rings. The fourth-order valence-electron chi connectivity index (χ4n) is 3.46. The summed E-state index contributed by atoms with van der Waals surface area (Å²) in [5, 5.41) is 7.55. The first-order valence-electron chi connectivity index (χ1n) is 9.36. The van der Waals surface area contributed by atoms with E-state index in [0.717, 1.165) is 23.2 Å². The van der Waals surface area contributed by atoms with Gasteiger partial charge in [0.25, 0.3) is 5.91 Å². The molecule has 0 radical (unpaired) electrons. The first-order valence-corrected chi connectivity index (χ1v) is 9.36. The van der Waals surface area contributed by atoms with Gasteiger partial charge in [-0.3, -0.25) is 9.48 Å². The van der Waals surface area contributed by atoms with Gasteiger partial charge in [-0.05, 0) is 42.2 Å². The molecule has 1 aliphatic heterocycles. The SMILES string of the molecule is Cc1ccc(F)cc1C(=O)NC[C@H]1OCCc2cn(Cc3ccccc3)nc21. The molecular weight excluding hydrogens is 357 g/mol. The van der Waals surface area contributed by atoms with Crippen LogP contribution in [-0.2, 0) is 17.7 Å². The molecule has 4 rings (SSSR count). The number of benzene rings is 2. The average molecular weight is 379 g/mol. The predicted octanol–water partition coefficient (Wildman–Crippen LogP) is 3.42. The minimum Gasteiger partial charge on any atom is -0.370 e. The number of carbonyl (C=O) groups excluding carboxylic acids is 1. The number of carbonyl (C=O) groups is 1. The fourth-order valence-corrected chi connectivity index (χ4v) is 3.46. The smallest absolute Gasteiger partial charge is 0.251 e. The Kier molecular flexibility index (Phi) is 5.21. The van der Waals surface area contributed by atoms with Crippen LogP contribution in [0.1, 0.15) is 38.8 Å². The molecule has 0 unspecified atom stereocenters. The van der Waals surface area contributed by atoms with Gasteiger partial charge in [-0.15, -0.1) is 0 Å². The van der Waals surface area contributed by atoms with E-state index in [2.05, 4.69) is 23.6 Å². The lowest BCUT2D eigenvalue weighted by atomic mass is 10.1. The zero-order valence-corrected chi connectivity index (χ0v) is 15.7. The maximum Gasteiger partial charge on any atom is 0.251 e. The highest BCUT2D eigenvalue weighted by atomic mass is 19.1. The van der Waals surface area contributed by atoms with E-state index in [4.69, 9.17) is 9.84 Å². The van der Waals surface area contributed by atoms with Crippen LogP contribution in [0.15, 0.2) is 54.7 Å². The van der Waals surface area contributed by atoms with Gasteiger partial charge in [-0.1, -0.05) is 36.4 Å². The van der Waals surface area contributed by atoms with Crippen molar-refractivity contribution in [2.75, 3.05) is 13.2 Å². The normalized spacial score (nSPS) is 15.9. The van der Waals surface area contributed by atoms with Crippen LogP contribution in [0.25, 0.3) is 0 Å². The standard InChI is InChI=1S/C22H22FN3O2/c1-15-7-8-18(23)11-19(15)22(27)24-12-20-21-17(9-10-28-20)14-26(25-21)13-16-5-3-2-4-6-16/h2-8,11,14,20H,9-10,12-13H2,1H3,(H,24,27)/t20-/m1/s1. The number of nitrogens with one attached hydrogen (secondary N) is 1. The van der Waals surface area contributed by atoms with E-state index in [0.29, 0.717) is 25.3 Å². The molecule has 0 spiro atoms. The van der Waals surface area contributed by atoms with Gasteiger partial charge >= 0.3 is 0 Å². The molecule has 0 saturated heterocycles. The molecule has 28 heavy (non-hydrogen) atoms. The highest BCUT2D eigenvalue weighted by Gasteiger charge is 2.25. The Hall–Kier alpha value is -2.99. The lowest BCUT2D eigenvalue weighted by molar-refractivity contribution is 0.0383. The average Bonchev–Trinajstić information content (AvgIpc) is 3.11. The minimum atomic E-state index is -0.424. The van der Waals surface area contributed by atoms with Crippen LogP contribution in [0.5, 0.6) is 0 Å². The van der Waals surface area contributed by atoms with E-state index in [1.54, 1.807) is 13.0 Å². The summed E-state index contributed by atoms with van der Waals surface area (Å²) >= 11 is 0. The number of aryl methyl sites for hydroxylation is 1. The van der Waals surface area contributed by atoms with Crippen molar-refractivity contribution in [2.24, 2.45) is 0 Å². The quantitative estimate of drug-likeness (QED) is 0.739. The minimum absolute atomic E-state index is 0.296. The number of fused-ring (bicyclic) bond motifs is 1. The molecule has 2 aromatic carbocycles. The molecule has 144 valence electrons. The van der Waals surface area contributed by atoms with Crippen molar-refractivity contribution in [3.05, 3.63) is 88.5 Å². The Bertz CT molecular complexity index is 985. The lowest BCUT2D eigenvalue weighted by Crippen LogP contribution is -2.32. The van der Waals surface area contributed by atoms with E-state index in [9.17, 15) is 9.18 Å². The summed E-state index contributed by atoms with van der Waals surface area (Å²) in [6.45, 7) is 3.36. The molecular formula is C22H22FN3O2. The van der Waals surface area contributed by atoms with Crippen LogP contribution in [-0.4, -0.2) is 28.8 Å². The summed E-state index contributed by atoms with van der Waals surface area (Å²) in [4.78, 5) is 12.5. The third kappa shape index (κ3) is 3.97. The Morgan fingerprint density at radius 2 is 2.11 bits per heavy atom. The summed E-state index contributed by atoms with van der Waals surface area (Å²) in [6.07, 6.45) is 2.55. The number of nitrogens with zero attached hydrogens (tertiary/aromatic N) is 2. The highest BCUT2D eigenvalue weighted by molar-refractivity contribution is 5.95. The van der Waals surface area contributed by atoms with Gasteiger partial charge in [0.1, 0.15) is 11.9 Å². The van der Waals surface area contributed by atoms with E-state index in [-0.39, 0.29) is 12.0 Å². The molecule has 5 nitrogen and oxygen atoms in total. The summed E-state index contributed by atoms with van der Waals surface area (Å²) < 4.78 is 21.2. The predicted molar refractivity (Wildman–Crippen MR) is 104 cm³/mol. The lowest BCUT2D eigenvalue weighted by Gasteiger charge is -2.22. The molecule has 1 amide bonds. The fraction of sp³-hybridized carbons (Fsp3) is 0.273. The zero-order valence-electron chi connectivity index (χ0n) is 15.7. The molecule has 6 heteroatoms. The number of aromatic nitrogens is 2. The Labute approximate surface area is 163 Å². The van der Waals surface area contributed by atoms with Crippen LogP contribution >= 0.6 is 0 Å². The van der Waals surface area contributed by atoms with Crippen molar-refractivity contribution in [2.45, 2.75) is 26.0 Å². The van der Waals surface area contributed by atoms with Crippen molar-refractivity contribution >= 4 is 5.91 Å². The molecule has 1 atom stereocenters. The molecule has 0 bridgehead atoms. The van der Waals surface area contributed by atoms with Gasteiger partial charge in [-0.25, -0.2) is 4.39 Å². The molecule has 1 aromatic heterocycles. The van der Waals surface area contributed by atoms with Crippen molar-refractivity contribution in [1.29, 1.82) is 0 Å². The summed E-state index contributed by atoms with van der Waals surface area (Å²) in [5.41, 5.74) is 4.25. The maximum atomic E-state index is 13.5. The first-order chi connectivity index (χ1) is 13.6. The van der Waals surface area contributed by atoms with Gasteiger partial charge in [0.2, 0.25) is 0 Å². The largest absolute Gasteiger partial charge is 0.370 e. The van der Waals surface area contributed by atoms with Crippen LogP contribution in [0.2, 0.25) is 0 Å². The molecule has 2 heterocycles. The second-order valence-corrected chi connectivity index (χ2v) is 7.00. The van der Waals surface area contributed by atoms with Gasteiger partial charge in [0.15, 0.2) is 0 Å². The van der Waals surface area contributed by atoms with Gasteiger partial charge in [0, 0.05) is 18.3 Å². The van der Waals surface area contributed by atoms with E-state index >= 15 is 0 Å². The van der Waals surface area contributed by atoms with E-state index in [1.807, 2.05) is 22.9 Å². The van der Waals surface area contributed by atoms with Crippen molar-refractivity contribution in [3.63, 3.8) is 0 Å². The van der Waals surface area contributed by atoms with Gasteiger partial charge < -0.3 is 10.1 Å². The van der Waals surface area contributed by atoms with Gasteiger partial charge in [0.05, 0.1) is 18.8 Å². The monoisotopic (exact) mass is 379 g/mol. The van der Waals surface area contributed by atoms with E-state index in [1.165, 1.54) is 17.7 Å². The Morgan fingerprint density at radius 1 is 1.29 bits per heavy atom. The number of halogens is 1. The Balaban J connectivity index is 1.46. The third-order valence-corrected chi connectivity index (χ3v) is 4.95. The zero-order chi connectivity index (χ0) is 19.5. The number of rotatable bonds is 5. The van der Waals surface area contributed by atoms with E-state index < -0.39 is 5.82 Å². The first kappa shape index (κ1) is 18.4.